The second-order valence-corrected chi connectivity index (χ2v) is 7.16. The number of methoxy groups -OCH3 is 1. The van der Waals surface area contributed by atoms with Crippen LogP contribution in [0.5, 0.6) is 5.75 Å². The highest BCUT2D eigenvalue weighted by Crippen LogP contribution is 2.23. The first-order valence-electron chi connectivity index (χ1n) is 9.67. The minimum atomic E-state index is 0.380. The fourth-order valence-electron chi connectivity index (χ4n) is 3.48. The molecule has 27 heavy (non-hydrogen) atoms. The Hall–Kier alpha value is -2.53. The van der Waals surface area contributed by atoms with E-state index in [9.17, 15) is 0 Å². The maximum absolute atomic E-state index is 6.02. The third-order valence-electron chi connectivity index (χ3n) is 5.15. The number of benzene rings is 2. The number of hydrogen-bond donors (Lipinski definition) is 2. The fraction of sp³-hybridized carbons (Fsp3) is 0.409. The standard InChI is InChI=1S/C22H30N4O/c1-17-7-5-6-14-26(17)16-19-12-10-18(11-13-19)15-24-22(23)25-20-8-3-4-9-21(20)27-2/h3-4,8-13,17H,5-7,14-16H2,1-2H3,(H3,23,24,25). The molecular weight excluding hydrogens is 336 g/mol. The normalized spacial score (nSPS) is 18.3. The van der Waals surface area contributed by atoms with E-state index in [0.29, 0.717) is 18.5 Å². The van der Waals surface area contributed by atoms with E-state index in [1.165, 1.54) is 31.4 Å². The highest BCUT2D eigenvalue weighted by Gasteiger charge is 2.17. The smallest absolute Gasteiger partial charge is 0.193 e. The van der Waals surface area contributed by atoms with Crippen LogP contribution >= 0.6 is 0 Å². The first kappa shape index (κ1) is 19.2. The Labute approximate surface area is 162 Å². The average molecular weight is 367 g/mol. The summed E-state index contributed by atoms with van der Waals surface area (Å²) in [5.74, 6) is 1.12. The molecule has 1 heterocycles. The predicted octanol–water partition coefficient (Wildman–Crippen LogP) is 4.00. The molecule has 0 aliphatic carbocycles. The summed E-state index contributed by atoms with van der Waals surface area (Å²) in [4.78, 5) is 7.02. The zero-order chi connectivity index (χ0) is 19.1. The number of ether oxygens (including phenoxy) is 1. The van der Waals surface area contributed by atoms with Crippen LogP contribution in [0.3, 0.4) is 0 Å². The molecule has 1 aliphatic heterocycles. The Morgan fingerprint density at radius 2 is 1.89 bits per heavy atom. The van der Waals surface area contributed by atoms with Crippen molar-refractivity contribution >= 4 is 11.6 Å². The van der Waals surface area contributed by atoms with Crippen molar-refractivity contribution in [2.24, 2.45) is 10.7 Å². The summed E-state index contributed by atoms with van der Waals surface area (Å²) in [6.45, 7) is 5.12. The van der Waals surface area contributed by atoms with Gasteiger partial charge in [0.1, 0.15) is 5.75 Å². The van der Waals surface area contributed by atoms with Crippen LogP contribution in [-0.2, 0) is 13.1 Å². The Balaban J connectivity index is 1.55. The lowest BCUT2D eigenvalue weighted by molar-refractivity contribution is 0.152. The van der Waals surface area contributed by atoms with Crippen LogP contribution < -0.4 is 15.8 Å². The van der Waals surface area contributed by atoms with Gasteiger partial charge < -0.3 is 15.8 Å². The van der Waals surface area contributed by atoms with Crippen LogP contribution in [-0.4, -0.2) is 30.6 Å². The minimum absolute atomic E-state index is 0.380. The summed E-state index contributed by atoms with van der Waals surface area (Å²) >= 11 is 0. The van der Waals surface area contributed by atoms with Gasteiger partial charge in [0.2, 0.25) is 0 Å². The van der Waals surface area contributed by atoms with E-state index >= 15 is 0 Å². The molecule has 2 aromatic rings. The van der Waals surface area contributed by atoms with E-state index in [4.69, 9.17) is 10.5 Å². The molecule has 5 nitrogen and oxygen atoms in total. The van der Waals surface area contributed by atoms with E-state index < -0.39 is 0 Å². The molecule has 0 amide bonds. The van der Waals surface area contributed by atoms with Crippen molar-refractivity contribution in [2.75, 3.05) is 19.0 Å². The van der Waals surface area contributed by atoms with E-state index in [0.717, 1.165) is 23.5 Å². The molecule has 0 bridgehead atoms. The molecule has 5 heteroatoms. The lowest BCUT2D eigenvalue weighted by Gasteiger charge is -2.33. The summed E-state index contributed by atoms with van der Waals surface area (Å²) < 4.78 is 5.31. The van der Waals surface area contributed by atoms with Gasteiger partial charge in [0, 0.05) is 12.6 Å². The molecule has 1 atom stereocenters. The van der Waals surface area contributed by atoms with Crippen molar-refractivity contribution < 1.29 is 4.74 Å². The monoisotopic (exact) mass is 366 g/mol. The first-order chi connectivity index (χ1) is 13.2. The summed E-state index contributed by atoms with van der Waals surface area (Å²) in [6, 6.07) is 17.0. The maximum Gasteiger partial charge on any atom is 0.193 e. The number of rotatable bonds is 6. The number of nitrogens with zero attached hydrogens (tertiary/aromatic N) is 2. The van der Waals surface area contributed by atoms with Crippen LogP contribution in [0.2, 0.25) is 0 Å². The van der Waals surface area contributed by atoms with Gasteiger partial charge in [-0.2, -0.15) is 0 Å². The van der Waals surface area contributed by atoms with Gasteiger partial charge >= 0.3 is 0 Å². The number of nitrogens with one attached hydrogen (secondary N) is 1. The third kappa shape index (κ3) is 5.47. The second-order valence-electron chi connectivity index (χ2n) is 7.16. The van der Waals surface area contributed by atoms with Crippen LogP contribution in [0.15, 0.2) is 53.5 Å². The molecule has 144 valence electrons. The fourth-order valence-corrected chi connectivity index (χ4v) is 3.48. The Morgan fingerprint density at radius 3 is 2.63 bits per heavy atom. The lowest BCUT2D eigenvalue weighted by Crippen LogP contribution is -2.36. The van der Waals surface area contributed by atoms with Crippen molar-refractivity contribution in [3.63, 3.8) is 0 Å². The van der Waals surface area contributed by atoms with Crippen LogP contribution in [0, 0.1) is 0 Å². The zero-order valence-corrected chi connectivity index (χ0v) is 16.3. The van der Waals surface area contributed by atoms with Gasteiger partial charge in [-0.25, -0.2) is 4.99 Å². The summed E-state index contributed by atoms with van der Waals surface area (Å²) in [6.07, 6.45) is 3.99. The molecule has 0 aromatic heterocycles. The van der Waals surface area contributed by atoms with Crippen LogP contribution in [0.25, 0.3) is 0 Å². The predicted molar refractivity (Wildman–Crippen MR) is 112 cm³/mol. The highest BCUT2D eigenvalue weighted by atomic mass is 16.5. The summed E-state index contributed by atoms with van der Waals surface area (Å²) in [7, 11) is 1.64. The van der Waals surface area contributed by atoms with E-state index in [1.54, 1.807) is 7.11 Å². The van der Waals surface area contributed by atoms with Crippen LogP contribution in [0.1, 0.15) is 37.3 Å². The number of likely N-dealkylation sites (tertiary alicyclic amines) is 1. The summed E-state index contributed by atoms with van der Waals surface area (Å²) in [5.41, 5.74) is 9.34. The molecule has 2 aromatic carbocycles. The van der Waals surface area contributed by atoms with Crippen molar-refractivity contribution in [3.05, 3.63) is 59.7 Å². The Morgan fingerprint density at radius 1 is 1.15 bits per heavy atom. The number of piperidine rings is 1. The van der Waals surface area contributed by atoms with Gasteiger partial charge in [0.15, 0.2) is 5.96 Å². The second kappa shape index (κ2) is 9.42. The molecule has 1 fully saturated rings. The number of aliphatic imine (C=N–C) groups is 1. The quantitative estimate of drug-likeness (QED) is 0.599. The number of anilines is 1. The number of para-hydroxylation sites is 2. The molecule has 0 saturated carbocycles. The highest BCUT2D eigenvalue weighted by molar-refractivity contribution is 5.93. The Kier molecular flexibility index (Phi) is 6.71. The molecule has 1 unspecified atom stereocenters. The molecule has 1 saturated heterocycles. The molecule has 1 aliphatic rings. The van der Waals surface area contributed by atoms with Crippen molar-refractivity contribution in [2.45, 2.75) is 45.3 Å². The van der Waals surface area contributed by atoms with Crippen molar-refractivity contribution in [3.8, 4) is 5.75 Å². The topological polar surface area (TPSA) is 62.9 Å². The van der Waals surface area contributed by atoms with Gasteiger partial charge in [-0.15, -0.1) is 0 Å². The van der Waals surface area contributed by atoms with Gasteiger partial charge in [-0.3, -0.25) is 4.90 Å². The van der Waals surface area contributed by atoms with Crippen molar-refractivity contribution in [1.29, 1.82) is 0 Å². The zero-order valence-electron chi connectivity index (χ0n) is 16.3. The molecule has 3 N–H and O–H groups in total. The number of nitrogens with two attached hydrogens (primary N) is 1. The van der Waals surface area contributed by atoms with Gasteiger partial charge in [0.05, 0.1) is 19.3 Å². The molecule has 0 radical (unpaired) electrons. The molecular formula is C22H30N4O. The SMILES string of the molecule is COc1ccccc1NC(N)=NCc1ccc(CN2CCCCC2C)cc1. The Bertz CT molecular complexity index is 757. The van der Waals surface area contributed by atoms with Gasteiger partial charge in [-0.1, -0.05) is 42.8 Å². The van der Waals surface area contributed by atoms with Crippen LogP contribution in [0.4, 0.5) is 5.69 Å². The molecule has 3 rings (SSSR count). The third-order valence-corrected chi connectivity index (χ3v) is 5.15. The molecule has 0 spiro atoms. The maximum atomic E-state index is 6.02. The minimum Gasteiger partial charge on any atom is -0.495 e. The number of guanidine groups is 1. The van der Waals surface area contributed by atoms with Crippen molar-refractivity contribution in [1.82, 2.24) is 4.90 Å². The number of hydrogen-bond acceptors (Lipinski definition) is 3. The first-order valence-corrected chi connectivity index (χ1v) is 9.67. The van der Waals surface area contributed by atoms with Gasteiger partial charge in [0.25, 0.3) is 0 Å². The largest absolute Gasteiger partial charge is 0.495 e. The van der Waals surface area contributed by atoms with E-state index in [2.05, 4.69) is 46.4 Å². The average Bonchev–Trinajstić information content (AvgIpc) is 2.69. The van der Waals surface area contributed by atoms with Gasteiger partial charge in [-0.05, 0) is 49.6 Å². The lowest BCUT2D eigenvalue weighted by atomic mass is 10.0. The summed E-state index contributed by atoms with van der Waals surface area (Å²) in [5, 5.41) is 3.10. The van der Waals surface area contributed by atoms with E-state index in [-0.39, 0.29) is 0 Å². The van der Waals surface area contributed by atoms with E-state index in [1.807, 2.05) is 24.3 Å².